The monoisotopic (exact) mass is 371 g/mol. The van der Waals surface area contributed by atoms with E-state index in [0.29, 0.717) is 11.5 Å². The summed E-state index contributed by atoms with van der Waals surface area (Å²) in [6, 6.07) is 7.28. The lowest BCUT2D eigenvalue weighted by molar-refractivity contribution is 0.159. The first-order chi connectivity index (χ1) is 12.4. The molecule has 0 amide bonds. The number of hydrogen-bond donors (Lipinski definition) is 0. The van der Waals surface area contributed by atoms with Crippen LogP contribution in [0.15, 0.2) is 18.2 Å². The lowest BCUT2D eigenvalue weighted by Gasteiger charge is -2.40. The van der Waals surface area contributed by atoms with Crippen LogP contribution in [0.2, 0.25) is 0 Å². The van der Waals surface area contributed by atoms with E-state index in [1.807, 2.05) is 11.3 Å². The van der Waals surface area contributed by atoms with E-state index in [0.717, 1.165) is 31.0 Å². The molecule has 0 spiro atoms. The third-order valence-corrected chi connectivity index (χ3v) is 6.75. The number of rotatable bonds is 3. The minimum absolute atomic E-state index is 0.343. The first-order valence-electron chi connectivity index (χ1n) is 9.48. The van der Waals surface area contributed by atoms with Gasteiger partial charge in [-0.1, -0.05) is 26.8 Å². The Kier molecular flexibility index (Phi) is 4.52. The van der Waals surface area contributed by atoms with E-state index in [4.69, 9.17) is 9.47 Å². The molecule has 1 aromatic heterocycles. The summed E-state index contributed by atoms with van der Waals surface area (Å²) < 4.78 is 11.2. The van der Waals surface area contributed by atoms with Gasteiger partial charge in [-0.3, -0.25) is 4.90 Å². The predicted octanol–water partition coefficient (Wildman–Crippen LogP) is 5.01. The first-order valence-corrected chi connectivity index (χ1v) is 10.3. The van der Waals surface area contributed by atoms with Crippen LogP contribution in [0.3, 0.4) is 0 Å². The molecular formula is C22H29NO2S. The molecule has 2 aliphatic rings. The van der Waals surface area contributed by atoms with Crippen molar-refractivity contribution in [2.75, 3.05) is 20.8 Å². The molecule has 0 fully saturated rings. The largest absolute Gasteiger partial charge is 0.493 e. The molecule has 4 rings (SSSR count). The van der Waals surface area contributed by atoms with E-state index < -0.39 is 0 Å². The molecule has 3 nitrogen and oxygen atoms in total. The molecule has 0 aliphatic carbocycles. The summed E-state index contributed by atoms with van der Waals surface area (Å²) in [5.74, 6) is 1.75. The summed E-state index contributed by atoms with van der Waals surface area (Å²) in [6.45, 7) is 9.06. The maximum atomic E-state index is 5.69. The zero-order valence-corrected chi connectivity index (χ0v) is 17.3. The smallest absolute Gasteiger partial charge is 0.165 e. The Bertz CT molecular complexity index is 818. The van der Waals surface area contributed by atoms with Crippen molar-refractivity contribution in [1.82, 2.24) is 4.90 Å². The van der Waals surface area contributed by atoms with Crippen molar-refractivity contribution in [3.05, 3.63) is 44.6 Å². The van der Waals surface area contributed by atoms with Gasteiger partial charge in [-0.15, -0.1) is 11.3 Å². The molecule has 4 heteroatoms. The third-order valence-electron chi connectivity index (χ3n) is 5.54. The van der Waals surface area contributed by atoms with Crippen LogP contribution in [0.5, 0.6) is 11.5 Å². The van der Waals surface area contributed by atoms with E-state index >= 15 is 0 Å². The Labute approximate surface area is 160 Å². The number of hydrogen-bond acceptors (Lipinski definition) is 4. The third kappa shape index (κ3) is 3.14. The molecule has 0 bridgehead atoms. The normalized spacial score (nSPS) is 19.5. The second kappa shape index (κ2) is 6.58. The van der Waals surface area contributed by atoms with Crippen molar-refractivity contribution < 1.29 is 9.47 Å². The highest BCUT2D eigenvalue weighted by Gasteiger charge is 2.35. The van der Waals surface area contributed by atoms with E-state index in [-0.39, 0.29) is 0 Å². The van der Waals surface area contributed by atoms with Crippen LogP contribution in [-0.4, -0.2) is 25.7 Å². The summed E-state index contributed by atoms with van der Waals surface area (Å²) in [5, 5.41) is 0. The lowest BCUT2D eigenvalue weighted by atomic mass is 9.86. The van der Waals surface area contributed by atoms with Gasteiger partial charge in [-0.25, -0.2) is 0 Å². The van der Waals surface area contributed by atoms with Crippen LogP contribution in [0.25, 0.3) is 0 Å². The fourth-order valence-electron chi connectivity index (χ4n) is 4.42. The van der Waals surface area contributed by atoms with Crippen LogP contribution in [0, 0.1) is 5.41 Å². The Morgan fingerprint density at radius 3 is 2.69 bits per heavy atom. The second-order valence-corrected chi connectivity index (χ2v) is 9.93. The molecule has 2 aliphatic heterocycles. The molecule has 3 heterocycles. The number of fused-ring (bicyclic) bond motifs is 4. The zero-order chi connectivity index (χ0) is 18.5. The molecule has 1 atom stereocenters. The van der Waals surface area contributed by atoms with Crippen LogP contribution in [-0.2, 0) is 25.8 Å². The Balaban J connectivity index is 1.68. The molecule has 1 aromatic carbocycles. The van der Waals surface area contributed by atoms with E-state index in [2.05, 4.69) is 43.9 Å². The number of methoxy groups -OCH3 is 2. The van der Waals surface area contributed by atoms with Crippen molar-refractivity contribution >= 4 is 11.3 Å². The highest BCUT2D eigenvalue weighted by Crippen LogP contribution is 2.45. The number of ether oxygens (including phenoxy) is 2. The maximum absolute atomic E-state index is 5.69. The van der Waals surface area contributed by atoms with Gasteiger partial charge in [0.05, 0.1) is 14.2 Å². The Morgan fingerprint density at radius 1 is 1.19 bits per heavy atom. The van der Waals surface area contributed by atoms with Crippen molar-refractivity contribution in [3.63, 3.8) is 0 Å². The second-order valence-electron chi connectivity index (χ2n) is 8.71. The average molecular weight is 372 g/mol. The van der Waals surface area contributed by atoms with Crippen LogP contribution in [0.4, 0.5) is 0 Å². The van der Waals surface area contributed by atoms with Gasteiger partial charge in [0.15, 0.2) is 11.5 Å². The van der Waals surface area contributed by atoms with Crippen LogP contribution < -0.4 is 9.47 Å². The highest BCUT2D eigenvalue weighted by molar-refractivity contribution is 7.12. The number of benzene rings is 1. The minimum Gasteiger partial charge on any atom is -0.493 e. The summed E-state index contributed by atoms with van der Waals surface area (Å²) in [7, 11) is 3.46. The van der Waals surface area contributed by atoms with Gasteiger partial charge in [0, 0.05) is 34.4 Å². The van der Waals surface area contributed by atoms with Crippen molar-refractivity contribution in [3.8, 4) is 11.5 Å². The molecule has 1 unspecified atom stereocenters. The number of nitrogens with zero attached hydrogens (tertiary/aromatic N) is 1. The van der Waals surface area contributed by atoms with Gasteiger partial charge in [0.2, 0.25) is 0 Å². The molecule has 0 N–H and O–H groups in total. The van der Waals surface area contributed by atoms with Gasteiger partial charge >= 0.3 is 0 Å². The summed E-state index contributed by atoms with van der Waals surface area (Å²) in [5.41, 5.74) is 4.62. The summed E-state index contributed by atoms with van der Waals surface area (Å²) in [6.07, 6.45) is 3.40. The van der Waals surface area contributed by atoms with Crippen molar-refractivity contribution in [2.24, 2.45) is 5.41 Å². The van der Waals surface area contributed by atoms with Crippen LogP contribution in [0.1, 0.15) is 53.3 Å². The van der Waals surface area contributed by atoms with E-state index in [9.17, 15) is 0 Å². The summed E-state index contributed by atoms with van der Waals surface area (Å²) in [4.78, 5) is 5.78. The maximum Gasteiger partial charge on any atom is 0.165 e. The fraction of sp³-hybridized carbons (Fsp3) is 0.545. The molecule has 0 saturated heterocycles. The molecule has 2 aromatic rings. The van der Waals surface area contributed by atoms with Gasteiger partial charge < -0.3 is 9.47 Å². The topological polar surface area (TPSA) is 21.7 Å². The van der Waals surface area contributed by atoms with Crippen LogP contribution >= 0.6 is 11.3 Å². The van der Waals surface area contributed by atoms with Gasteiger partial charge in [0.25, 0.3) is 0 Å². The Hall–Kier alpha value is -1.52. The lowest BCUT2D eigenvalue weighted by Crippen LogP contribution is -2.38. The van der Waals surface area contributed by atoms with Crippen molar-refractivity contribution in [2.45, 2.75) is 52.6 Å². The SMILES string of the molecule is COc1ccc2c(c1OC)CN1CCc3sc(CC(C)(C)C)cc3C1C2. The zero-order valence-electron chi connectivity index (χ0n) is 16.5. The Morgan fingerprint density at radius 2 is 2.00 bits per heavy atom. The van der Waals surface area contributed by atoms with Gasteiger partial charge in [0.1, 0.15) is 0 Å². The standard InChI is InChI=1S/C22H29NO2S/c1-22(2,3)12-15-11-16-18-10-14-6-7-19(24-4)21(25-5)17(14)13-23(18)9-8-20(16)26-15/h6-7,11,18H,8-10,12-13H2,1-5H3. The molecule has 0 saturated carbocycles. The first kappa shape index (κ1) is 17.9. The van der Waals surface area contributed by atoms with E-state index in [1.54, 1.807) is 29.5 Å². The molecule has 0 radical (unpaired) electrons. The summed E-state index contributed by atoms with van der Waals surface area (Å²) >= 11 is 2.04. The highest BCUT2D eigenvalue weighted by atomic mass is 32.1. The number of thiophene rings is 1. The minimum atomic E-state index is 0.343. The quantitative estimate of drug-likeness (QED) is 0.757. The molecule has 26 heavy (non-hydrogen) atoms. The fourth-order valence-corrected chi connectivity index (χ4v) is 5.94. The van der Waals surface area contributed by atoms with Crippen molar-refractivity contribution in [1.29, 1.82) is 0 Å². The van der Waals surface area contributed by atoms with Gasteiger partial charge in [-0.2, -0.15) is 0 Å². The molecular weight excluding hydrogens is 342 g/mol. The predicted molar refractivity (Wildman–Crippen MR) is 108 cm³/mol. The van der Waals surface area contributed by atoms with E-state index in [1.165, 1.54) is 24.0 Å². The van der Waals surface area contributed by atoms with Gasteiger partial charge in [-0.05, 0) is 47.9 Å². The average Bonchev–Trinajstić information content (AvgIpc) is 2.99. The molecule has 140 valence electrons.